The summed E-state index contributed by atoms with van der Waals surface area (Å²) in [7, 11) is -7.33. The molecule has 412 valence electrons. The minimum absolute atomic E-state index is 0.356. The standard InChI is InChI=1S/C81H54N6Si/c1-6-26-55(27-7-1)58-32-22-38-63(52-58)88(61-34-12-4-13-35-61,62-36-14-5-15-37-62)64-39-23-33-59(53-64)79-82-80(86-75-49-21-18-42-69(75)70-45-24-43-65(77(70)86)56-28-8-2-9-29-56)84-81(83-79)87-76-51-50-60(85-73-47-19-16-40-67(73)68-41-17-20-48-74(68)85)54-72(76)71-46-25-44-66(78(71)87)57-30-10-3-11-31-57/h1-54H/i1D,2D,3D,4D,5D,6D,7D,8D,9D,10D,11D,12D,13D,14D,15D,16D,17D,18D,19D,20D,21D,22D,23D,24D,25D,26D,27D,28D,29D,30D,31D,32D,33D,34D,35D,36D,37D,38D,39D,40D,41D,42D,43D,44D,45D,46D,47D,48D,49D,50D,51D,52D,53D,54D. The third-order valence-electron chi connectivity index (χ3n) is 14.0. The molecule has 0 atom stereocenters. The molecular formula is C81H54N6Si. The first kappa shape index (κ1) is 20.3. The molecule has 0 N–H and O–H groups in total. The van der Waals surface area contributed by atoms with Crippen LogP contribution >= 0.6 is 0 Å². The maximum Gasteiger partial charge on any atom is 0.240 e. The van der Waals surface area contributed by atoms with Gasteiger partial charge in [-0.05, 0) is 79.3 Å². The molecule has 0 aliphatic heterocycles. The summed E-state index contributed by atoms with van der Waals surface area (Å²) in [5.41, 5.74) is -16.4. The Bertz CT molecular complexity index is 8620. The summed E-state index contributed by atoms with van der Waals surface area (Å²) in [6.45, 7) is 0. The van der Waals surface area contributed by atoms with Crippen LogP contribution in [0.4, 0.5) is 0 Å². The molecule has 0 bridgehead atoms. The maximum atomic E-state index is 11.3. The van der Waals surface area contributed by atoms with E-state index in [4.69, 9.17) is 35.5 Å². The van der Waals surface area contributed by atoms with Gasteiger partial charge in [-0.1, -0.05) is 290 Å². The predicted octanol–water partition coefficient (Wildman–Crippen LogP) is 17.2. The van der Waals surface area contributed by atoms with Crippen LogP contribution in [0.15, 0.2) is 326 Å². The van der Waals surface area contributed by atoms with E-state index in [2.05, 4.69) is 0 Å². The lowest BCUT2D eigenvalue weighted by atomic mass is 10.0. The molecule has 0 aliphatic carbocycles. The first-order chi connectivity index (χ1) is 66.1. The van der Waals surface area contributed by atoms with Gasteiger partial charge in [0.25, 0.3) is 0 Å². The minimum atomic E-state index is -7.33. The molecule has 7 heteroatoms. The van der Waals surface area contributed by atoms with Gasteiger partial charge in [-0.3, -0.25) is 9.13 Å². The Labute approximate surface area is 585 Å². The highest BCUT2D eigenvalue weighted by atomic mass is 28.3. The summed E-state index contributed by atoms with van der Waals surface area (Å²) in [6, 6.07) is -73.0. The van der Waals surface area contributed by atoms with Crippen LogP contribution < -0.4 is 20.7 Å². The highest BCUT2D eigenvalue weighted by molar-refractivity contribution is 7.20. The summed E-state index contributed by atoms with van der Waals surface area (Å²) in [4.78, 5) is 14.3. The van der Waals surface area contributed by atoms with E-state index in [1.807, 2.05) is 0 Å². The van der Waals surface area contributed by atoms with E-state index in [0.717, 1.165) is 0 Å². The van der Waals surface area contributed by atoms with Crippen molar-refractivity contribution in [3.8, 4) is 62.4 Å². The van der Waals surface area contributed by atoms with Gasteiger partial charge in [-0.15, -0.1) is 0 Å². The average Bonchev–Trinajstić information content (AvgIpc) is 0.763. The number of para-hydroxylation sites is 5. The van der Waals surface area contributed by atoms with Crippen molar-refractivity contribution < 1.29 is 74.0 Å². The molecule has 88 heavy (non-hydrogen) atoms. The van der Waals surface area contributed by atoms with Gasteiger partial charge in [-0.2, -0.15) is 15.0 Å². The van der Waals surface area contributed by atoms with Gasteiger partial charge in [-0.25, -0.2) is 0 Å². The van der Waals surface area contributed by atoms with E-state index < -0.39 is 483 Å². The summed E-state index contributed by atoms with van der Waals surface area (Å²) < 4.78 is 520. The first-order valence-corrected chi connectivity index (χ1v) is 27.6. The molecule has 0 spiro atoms. The van der Waals surface area contributed by atoms with Crippen LogP contribution in [-0.2, 0) is 0 Å². The molecule has 17 aromatic rings. The van der Waals surface area contributed by atoms with Gasteiger partial charge in [0, 0.05) is 54.7 Å². The van der Waals surface area contributed by atoms with Gasteiger partial charge in [0.15, 0.2) is 13.9 Å². The van der Waals surface area contributed by atoms with E-state index in [9.17, 15) is 53.5 Å². The second kappa shape index (κ2) is 20.9. The lowest BCUT2D eigenvalue weighted by Crippen LogP contribution is -2.74. The van der Waals surface area contributed by atoms with Gasteiger partial charge in [0.1, 0.15) is 0 Å². The van der Waals surface area contributed by atoms with E-state index in [1.165, 1.54) is 0 Å². The second-order valence-corrected chi connectivity index (χ2v) is 22.1. The number of fused-ring (bicyclic) bond motifs is 9. The smallest absolute Gasteiger partial charge is 0.240 e. The van der Waals surface area contributed by atoms with E-state index in [1.54, 1.807) is 0 Å². The fourth-order valence-electron chi connectivity index (χ4n) is 10.5. The third kappa shape index (κ3) is 8.13. The molecule has 0 radical (unpaired) electrons. The molecular weight excluding hydrogens is 1090 g/mol. The monoisotopic (exact) mass is 1190 g/mol. The van der Waals surface area contributed by atoms with Crippen molar-refractivity contribution in [1.82, 2.24) is 28.7 Å². The normalized spacial score (nSPS) is 20.5. The van der Waals surface area contributed by atoms with Crippen molar-refractivity contribution in [3.05, 3.63) is 326 Å². The topological polar surface area (TPSA) is 53.5 Å². The molecule has 17 rings (SSSR count). The summed E-state index contributed by atoms with van der Waals surface area (Å²) in [5, 5.41) is -12.0. The highest BCUT2D eigenvalue weighted by Gasteiger charge is 2.42. The van der Waals surface area contributed by atoms with Crippen LogP contribution in [0.25, 0.3) is 128 Å². The average molecular weight is 1190 g/mol. The Morgan fingerprint density at radius 1 is 0.250 bits per heavy atom. The van der Waals surface area contributed by atoms with Crippen molar-refractivity contribution in [2.75, 3.05) is 0 Å². The Morgan fingerprint density at radius 3 is 1.14 bits per heavy atom. The van der Waals surface area contributed by atoms with Crippen LogP contribution in [0.2, 0.25) is 0 Å². The van der Waals surface area contributed by atoms with Crippen molar-refractivity contribution in [2.24, 2.45) is 0 Å². The Balaban J connectivity index is 1.22. The number of nitrogens with zero attached hydrogens (tertiary/aromatic N) is 6. The van der Waals surface area contributed by atoms with Gasteiger partial charge >= 0.3 is 0 Å². The highest BCUT2D eigenvalue weighted by Crippen LogP contribution is 2.42. The molecule has 0 unspecified atom stereocenters. The van der Waals surface area contributed by atoms with Gasteiger partial charge in [0.2, 0.25) is 11.9 Å². The molecule has 4 heterocycles. The number of hydrogen-bond acceptors (Lipinski definition) is 3. The zero-order valence-electron chi connectivity index (χ0n) is 97.7. The van der Waals surface area contributed by atoms with Crippen LogP contribution in [0.1, 0.15) is 74.0 Å². The molecule has 0 saturated heterocycles. The Morgan fingerprint density at radius 2 is 0.614 bits per heavy atom. The molecule has 4 aromatic heterocycles. The second-order valence-electron chi connectivity index (χ2n) is 18.6. The quantitative estimate of drug-likeness (QED) is 0.0958. The van der Waals surface area contributed by atoms with Crippen LogP contribution in [0.5, 0.6) is 0 Å². The SMILES string of the molecule is [2H]c1c([2H])c([2H])c(-c2c([2H])c([2H])c([2H])c([Si](c3c([2H])c([2H])c([2H])c([2H])c3[2H])(c3c([2H])c([2H])c([2H])c([2H])c3[2H])c3c([2H])c([2H])c([2H])c(-c4nc(-n5c6c([2H])c([2H])c([2H])c([2H])c6c6c([2H])c([2H])c([2H])c(-c7c([2H])c([2H])c([2H])c([2H])c7[2H])c65)nc(-n5c6c([2H])c([2H])c(-n7c8c([2H])c([2H])c([2H])c([2H])c8c8c([2H])c([2H])c([2H])c([2H])c87)c([2H])c6c6c([2H])c([2H])c([2H])c(-c7c([2H])c([2H])c([2H])c([2H])c7[2H])c65)n4)c3[2H])c2[2H])c([2H])c1[2H]. The lowest BCUT2D eigenvalue weighted by molar-refractivity contribution is 0.893. The zero-order valence-corrected chi connectivity index (χ0v) is 44.7. The fraction of sp³-hybridized carbons (Fsp3) is 0. The third-order valence-corrected chi connectivity index (χ3v) is 18.0. The molecule has 13 aromatic carbocycles. The minimum Gasteiger partial charge on any atom is -0.309 e. The first-order valence-electron chi connectivity index (χ1n) is 52.6. The van der Waals surface area contributed by atoms with E-state index >= 15 is 0 Å². The lowest BCUT2D eigenvalue weighted by Gasteiger charge is -2.35. The van der Waals surface area contributed by atoms with Crippen LogP contribution in [0, 0.1) is 0 Å². The van der Waals surface area contributed by atoms with Crippen molar-refractivity contribution in [3.63, 3.8) is 0 Å². The van der Waals surface area contributed by atoms with Gasteiger partial charge in [0.05, 0.1) is 107 Å². The van der Waals surface area contributed by atoms with Crippen molar-refractivity contribution >= 4 is 94.2 Å². The molecule has 6 nitrogen and oxygen atoms in total. The largest absolute Gasteiger partial charge is 0.309 e. The van der Waals surface area contributed by atoms with E-state index in [-0.39, 0.29) is 0 Å². The number of benzene rings is 13. The number of rotatable bonds is 11. The predicted molar refractivity (Wildman–Crippen MR) is 368 cm³/mol. The molecule has 0 saturated carbocycles. The van der Waals surface area contributed by atoms with Gasteiger partial charge < -0.3 is 4.57 Å². The van der Waals surface area contributed by atoms with Crippen molar-refractivity contribution in [2.45, 2.75) is 0 Å². The van der Waals surface area contributed by atoms with E-state index in [0.29, 0.717) is 13.7 Å². The number of aromatic nitrogens is 6. The Hall–Kier alpha value is -11.5. The Kier molecular flexibility index (Phi) is 4.83. The number of hydrogen-bond donors (Lipinski definition) is 0. The zero-order chi connectivity index (χ0) is 105. The maximum absolute atomic E-state index is 11.3. The van der Waals surface area contributed by atoms with Crippen LogP contribution in [0.3, 0.4) is 0 Å². The molecule has 0 fully saturated rings. The summed E-state index contributed by atoms with van der Waals surface area (Å²) in [5.74, 6) is -4.79. The van der Waals surface area contributed by atoms with Crippen LogP contribution in [-0.4, -0.2) is 36.7 Å². The molecule has 0 aliphatic rings. The fourth-order valence-corrected chi connectivity index (χ4v) is 14.1. The van der Waals surface area contributed by atoms with Crippen molar-refractivity contribution in [1.29, 1.82) is 0 Å². The molecule has 0 amide bonds. The summed E-state index contributed by atoms with van der Waals surface area (Å²) >= 11 is 0. The summed E-state index contributed by atoms with van der Waals surface area (Å²) in [6.07, 6.45) is 0.